The van der Waals surface area contributed by atoms with Crippen molar-refractivity contribution in [3.05, 3.63) is 143 Å². The summed E-state index contributed by atoms with van der Waals surface area (Å²) < 4.78 is 8.61. The van der Waals surface area contributed by atoms with Gasteiger partial charge in [0.15, 0.2) is 0 Å². The number of aromatic nitrogens is 4. The summed E-state index contributed by atoms with van der Waals surface area (Å²) in [4.78, 5) is 90.3. The van der Waals surface area contributed by atoms with Crippen LogP contribution in [-0.4, -0.2) is 47.0 Å². The summed E-state index contributed by atoms with van der Waals surface area (Å²) in [5.41, 5.74) is -3.06. The lowest BCUT2D eigenvalue weighted by Crippen LogP contribution is -2.41. The molecule has 0 bridgehead atoms. The van der Waals surface area contributed by atoms with Crippen LogP contribution in [0.2, 0.25) is 10.0 Å². The molecule has 0 saturated heterocycles. The van der Waals surface area contributed by atoms with E-state index >= 15 is 0 Å². The first kappa shape index (κ1) is 44.2. The fourth-order valence-corrected chi connectivity index (χ4v) is 5.10. The highest BCUT2D eigenvalue weighted by Gasteiger charge is 2.25. The summed E-state index contributed by atoms with van der Waals surface area (Å²) in [7, 11) is 2.77. The number of carbonyl (C=O) groups is 2. The summed E-state index contributed by atoms with van der Waals surface area (Å²) in [6.45, 7) is 4.64. The Morgan fingerprint density at radius 3 is 1.78 bits per heavy atom. The van der Waals surface area contributed by atoms with E-state index < -0.39 is 49.7 Å². The van der Waals surface area contributed by atoms with Crippen molar-refractivity contribution in [2.45, 2.75) is 53.1 Å². The molecule has 0 spiro atoms. The molecule has 17 nitrogen and oxygen atoms in total. The first-order chi connectivity index (χ1) is 25.5. The minimum absolute atomic E-state index is 0.00482. The lowest BCUT2D eigenvalue weighted by molar-refractivity contribution is -0.387. The van der Waals surface area contributed by atoms with Crippen LogP contribution >= 0.6 is 23.2 Å². The number of ether oxygens (including phenoxy) is 1. The second-order valence-electron chi connectivity index (χ2n) is 11.4. The van der Waals surface area contributed by atoms with Crippen molar-refractivity contribution in [2.24, 2.45) is 14.1 Å². The second kappa shape index (κ2) is 20.9. The van der Waals surface area contributed by atoms with Crippen LogP contribution in [0.15, 0.2) is 67.7 Å². The summed E-state index contributed by atoms with van der Waals surface area (Å²) in [5.74, 6) is -0.493. The van der Waals surface area contributed by atoms with Crippen molar-refractivity contribution in [3.63, 3.8) is 0 Å². The predicted octanol–water partition coefficient (Wildman–Crippen LogP) is 4.95. The minimum atomic E-state index is -1.01. The fourth-order valence-electron chi connectivity index (χ4n) is 4.71. The molecule has 2 aromatic carbocycles. The van der Waals surface area contributed by atoms with E-state index in [4.69, 9.17) is 27.9 Å². The highest BCUT2D eigenvalue weighted by molar-refractivity contribution is 6.31. The van der Waals surface area contributed by atoms with E-state index in [0.29, 0.717) is 27.6 Å². The van der Waals surface area contributed by atoms with Crippen LogP contribution in [0.3, 0.4) is 0 Å². The normalized spacial score (nSPS) is 10.5. The van der Waals surface area contributed by atoms with E-state index in [-0.39, 0.29) is 37.5 Å². The van der Waals surface area contributed by atoms with Crippen LogP contribution in [0, 0.1) is 27.2 Å². The Balaban J connectivity index is 0.000000325. The number of benzene rings is 2. The van der Waals surface area contributed by atoms with Gasteiger partial charge in [-0.1, -0.05) is 66.9 Å². The molecule has 0 saturated carbocycles. The molecule has 0 unspecified atom stereocenters. The number of carbonyl (C=O) groups excluding carboxylic acids is 2. The molecular weight excluding hydrogens is 751 g/mol. The zero-order valence-corrected chi connectivity index (χ0v) is 31.5. The average Bonchev–Trinajstić information content (AvgIpc) is 3.11. The van der Waals surface area contributed by atoms with Gasteiger partial charge < -0.3 is 4.74 Å². The van der Waals surface area contributed by atoms with Gasteiger partial charge in [-0.25, -0.2) is 9.59 Å². The van der Waals surface area contributed by atoms with Gasteiger partial charge in [-0.2, -0.15) is 0 Å². The standard InChI is InChI=1S/C18H18ClN3O6.C10H15N3O4.C7H5ClO/c1-12(23)28-10-4-9-21-17(24)16(22(26)27)15(20(2)18(21)25)8-7-13-5-3-6-14(19)11-13;1-4-5-6-12-9(14)8(13(16)17)7(2)11(3)10(12)15;8-7-3-1-2-6(4-7)5-9/h3,5-8,11H,4,9-10H2,1-2H3;4-6H2,1-3H3;1-5H/b8-7+;;. The van der Waals surface area contributed by atoms with E-state index in [1.165, 1.54) is 40.1 Å². The molecule has 2 aromatic heterocycles. The second-order valence-corrected chi connectivity index (χ2v) is 12.3. The van der Waals surface area contributed by atoms with E-state index in [2.05, 4.69) is 0 Å². The first-order valence-corrected chi connectivity index (χ1v) is 16.9. The number of hydrogen-bond acceptors (Lipinski definition) is 11. The summed E-state index contributed by atoms with van der Waals surface area (Å²) in [5, 5.41) is 23.4. The summed E-state index contributed by atoms with van der Waals surface area (Å²) >= 11 is 11.5. The lowest BCUT2D eigenvalue weighted by atomic mass is 10.2. The molecule has 288 valence electrons. The number of esters is 1. The number of nitrogens with zero attached hydrogens (tertiary/aromatic N) is 6. The van der Waals surface area contributed by atoms with E-state index in [9.17, 15) is 49.0 Å². The van der Waals surface area contributed by atoms with Gasteiger partial charge in [-0.3, -0.25) is 57.7 Å². The number of halogens is 2. The fraction of sp³-hybridized carbons (Fsp3) is 0.314. The zero-order chi connectivity index (χ0) is 40.7. The predicted molar refractivity (Wildman–Crippen MR) is 203 cm³/mol. The summed E-state index contributed by atoms with van der Waals surface area (Å²) in [6, 6.07) is 13.5. The Morgan fingerprint density at radius 2 is 1.30 bits per heavy atom. The molecule has 0 atom stereocenters. The van der Waals surface area contributed by atoms with Gasteiger partial charge in [0.25, 0.3) is 0 Å². The third-order valence-corrected chi connectivity index (χ3v) is 8.05. The molecule has 54 heavy (non-hydrogen) atoms. The molecule has 4 rings (SSSR count). The molecule has 19 heteroatoms. The van der Waals surface area contributed by atoms with Gasteiger partial charge in [-0.05, 0) is 55.7 Å². The van der Waals surface area contributed by atoms with Gasteiger partial charge in [-0.15, -0.1) is 0 Å². The molecule has 0 aliphatic heterocycles. The van der Waals surface area contributed by atoms with Crippen LogP contribution in [0.1, 0.15) is 60.4 Å². The number of hydrogen-bond donors (Lipinski definition) is 0. The maximum absolute atomic E-state index is 12.5. The Hall–Kier alpha value is -5.94. The Kier molecular flexibility index (Phi) is 17.1. The number of rotatable bonds is 12. The topological polar surface area (TPSA) is 218 Å². The minimum Gasteiger partial charge on any atom is -0.466 e. The summed E-state index contributed by atoms with van der Waals surface area (Å²) in [6.07, 6.45) is 5.23. The molecule has 0 aliphatic rings. The number of nitro groups is 2. The molecule has 0 amide bonds. The zero-order valence-electron chi connectivity index (χ0n) is 30.0. The van der Waals surface area contributed by atoms with Crippen LogP contribution in [0.25, 0.3) is 12.2 Å². The third-order valence-electron chi connectivity index (χ3n) is 7.58. The Labute approximate surface area is 317 Å². The average molecular weight is 790 g/mol. The maximum atomic E-state index is 12.5. The molecule has 4 aromatic rings. The van der Waals surface area contributed by atoms with Gasteiger partial charge in [0.1, 0.15) is 17.7 Å². The van der Waals surface area contributed by atoms with Crippen LogP contribution in [0.5, 0.6) is 0 Å². The Morgan fingerprint density at radius 1 is 0.796 bits per heavy atom. The highest BCUT2D eigenvalue weighted by atomic mass is 35.5. The number of unbranched alkanes of at least 4 members (excludes halogenated alkanes) is 1. The van der Waals surface area contributed by atoms with Gasteiger partial charge in [0.05, 0.1) is 16.5 Å². The number of aldehydes is 1. The van der Waals surface area contributed by atoms with Gasteiger partial charge >= 0.3 is 39.8 Å². The van der Waals surface area contributed by atoms with Crippen molar-refractivity contribution in [3.8, 4) is 0 Å². The first-order valence-electron chi connectivity index (χ1n) is 16.2. The molecular formula is C35H38Cl2N6O11. The SMILES string of the molecule is CC(=O)OCCCn1c(=O)c([N+](=O)[O-])c(/C=C/c2cccc(Cl)c2)n(C)c1=O.CCCCn1c(=O)c([N+](=O)[O-])c(C)n(C)c1=O.O=Cc1cccc(Cl)c1. The van der Waals surface area contributed by atoms with Gasteiger partial charge in [0.2, 0.25) is 0 Å². The quantitative estimate of drug-likeness (QED) is 0.0615. The molecule has 0 fully saturated rings. The van der Waals surface area contributed by atoms with Crippen molar-refractivity contribution in [2.75, 3.05) is 6.61 Å². The monoisotopic (exact) mass is 788 g/mol. The van der Waals surface area contributed by atoms with Crippen LogP contribution in [-0.2, 0) is 36.7 Å². The Bertz CT molecular complexity index is 2290. The van der Waals surface area contributed by atoms with Crippen molar-refractivity contribution in [1.29, 1.82) is 0 Å². The lowest BCUT2D eigenvalue weighted by Gasteiger charge is -2.10. The van der Waals surface area contributed by atoms with E-state index in [1.807, 2.05) is 6.92 Å². The smallest absolute Gasteiger partial charge is 0.357 e. The molecule has 0 N–H and O–H groups in total. The van der Waals surface area contributed by atoms with Gasteiger partial charge in [0, 0.05) is 49.7 Å². The molecule has 0 aliphatic carbocycles. The van der Waals surface area contributed by atoms with Crippen LogP contribution in [0.4, 0.5) is 11.4 Å². The molecule has 0 radical (unpaired) electrons. The molecule has 2 heterocycles. The van der Waals surface area contributed by atoms with Crippen molar-refractivity contribution >= 4 is 59.0 Å². The van der Waals surface area contributed by atoms with Crippen LogP contribution < -0.4 is 22.5 Å². The van der Waals surface area contributed by atoms with E-state index in [0.717, 1.165) is 31.0 Å². The highest BCUT2D eigenvalue weighted by Crippen LogP contribution is 2.17. The maximum Gasteiger partial charge on any atom is 0.357 e. The third kappa shape index (κ3) is 12.1. The van der Waals surface area contributed by atoms with Crippen molar-refractivity contribution in [1.82, 2.24) is 18.3 Å². The van der Waals surface area contributed by atoms with Crippen molar-refractivity contribution < 1.29 is 24.2 Å². The van der Waals surface area contributed by atoms with E-state index in [1.54, 1.807) is 48.5 Å². The largest absolute Gasteiger partial charge is 0.466 e.